The maximum Gasteiger partial charge on any atom is 0.474 e. The number of hydrogen-bond donors (Lipinski definition) is 3. The Hall–Kier alpha value is 0.210. The van der Waals surface area contributed by atoms with Gasteiger partial charge in [-0.3, -0.25) is 40.7 Å². The molecule has 1 aliphatic rings. The van der Waals surface area contributed by atoms with Crippen LogP contribution in [0.1, 0.15) is 0 Å². The summed E-state index contributed by atoms with van der Waals surface area (Å²) in [5, 5.41) is 31.0. The minimum Gasteiger partial charge on any atom is -0.387 e. The van der Waals surface area contributed by atoms with Crippen LogP contribution >= 0.6 is 23.5 Å². The zero-order valence-electron chi connectivity index (χ0n) is 17.0. The van der Waals surface area contributed by atoms with Crippen molar-refractivity contribution in [3.63, 3.8) is 0 Å². The second-order valence-electron chi connectivity index (χ2n) is 5.62. The molecule has 0 unspecified atom stereocenters. The average Bonchev–Trinajstić information content (AvgIpc) is 2.77. The molecule has 30 heavy (non-hydrogen) atoms. The Labute approximate surface area is 173 Å². The van der Waals surface area contributed by atoms with Gasteiger partial charge in [-0.25, -0.2) is 13.7 Å². The van der Waals surface area contributed by atoms with Gasteiger partial charge < -0.3 is 15.3 Å². The van der Waals surface area contributed by atoms with Crippen LogP contribution in [0.2, 0.25) is 0 Å². The van der Waals surface area contributed by atoms with Gasteiger partial charge in [-0.2, -0.15) is 0 Å². The van der Waals surface area contributed by atoms with E-state index >= 15 is 0 Å². The Morgan fingerprint density at radius 3 is 0.933 bits per heavy atom. The topological polar surface area (TPSA) is 195 Å². The van der Waals surface area contributed by atoms with Crippen molar-refractivity contribution in [3.05, 3.63) is 0 Å². The molecular formula is C12H27O15P3. The fourth-order valence-corrected chi connectivity index (χ4v) is 5.05. The molecule has 0 saturated heterocycles. The van der Waals surface area contributed by atoms with Gasteiger partial charge in [0.05, 0.1) is 0 Å². The number of hydrogen-bond acceptors (Lipinski definition) is 15. The third kappa shape index (κ3) is 6.38. The highest BCUT2D eigenvalue weighted by Gasteiger charge is 2.57. The van der Waals surface area contributed by atoms with Crippen LogP contribution in [-0.2, 0) is 54.4 Å². The summed E-state index contributed by atoms with van der Waals surface area (Å²) < 4.78 is 80.8. The lowest BCUT2D eigenvalue weighted by atomic mass is 9.85. The number of phosphoric ester groups is 3. The van der Waals surface area contributed by atoms with Crippen molar-refractivity contribution in [1.82, 2.24) is 0 Å². The Morgan fingerprint density at radius 1 is 0.467 bits per heavy atom. The zero-order valence-corrected chi connectivity index (χ0v) is 19.7. The fourth-order valence-electron chi connectivity index (χ4n) is 2.46. The van der Waals surface area contributed by atoms with Gasteiger partial charge in [0.25, 0.3) is 0 Å². The molecule has 0 aliphatic heterocycles. The van der Waals surface area contributed by atoms with E-state index in [0.29, 0.717) is 0 Å². The molecular weight excluding hydrogens is 477 g/mol. The van der Waals surface area contributed by atoms with E-state index in [2.05, 4.69) is 27.1 Å². The van der Waals surface area contributed by atoms with Crippen LogP contribution in [-0.4, -0.2) is 94.6 Å². The van der Waals surface area contributed by atoms with Crippen molar-refractivity contribution in [3.8, 4) is 0 Å². The minimum atomic E-state index is -4.37. The normalized spacial score (nSPS) is 31.1. The Morgan fingerprint density at radius 2 is 0.700 bits per heavy atom. The smallest absolute Gasteiger partial charge is 0.387 e. The summed E-state index contributed by atoms with van der Waals surface area (Å²) in [6.45, 7) is 0. The second-order valence-corrected chi connectivity index (χ2v) is 11.1. The van der Waals surface area contributed by atoms with Crippen molar-refractivity contribution in [2.45, 2.75) is 36.6 Å². The molecule has 1 fully saturated rings. The summed E-state index contributed by atoms with van der Waals surface area (Å²) in [5.41, 5.74) is 0. The summed E-state index contributed by atoms with van der Waals surface area (Å²) >= 11 is 0. The molecule has 0 aromatic rings. The number of aliphatic hydroxyl groups is 3. The first-order chi connectivity index (χ1) is 13.9. The van der Waals surface area contributed by atoms with Crippen LogP contribution in [0.3, 0.4) is 0 Å². The first kappa shape index (κ1) is 28.2. The average molecular weight is 504 g/mol. The van der Waals surface area contributed by atoms with Crippen molar-refractivity contribution in [2.24, 2.45) is 0 Å². The SMILES string of the molecule is COP(=O)(OC)O[C@@H]1[C@@H](OP(=O)(OC)OC)[C@H](O)[C@@H](O)[C@H](O)[C@@H]1OP(=O)(OC)OC. The number of aliphatic hydroxyl groups excluding tert-OH is 3. The molecule has 0 spiro atoms. The molecule has 1 aliphatic carbocycles. The van der Waals surface area contributed by atoms with Crippen LogP contribution < -0.4 is 0 Å². The zero-order chi connectivity index (χ0) is 23.3. The third-order valence-corrected chi connectivity index (χ3v) is 8.30. The first-order valence-electron chi connectivity index (χ1n) is 8.12. The van der Waals surface area contributed by atoms with Gasteiger partial charge in [-0.15, -0.1) is 0 Å². The number of rotatable bonds is 12. The molecule has 0 heterocycles. The van der Waals surface area contributed by atoms with Crippen LogP contribution in [0.5, 0.6) is 0 Å². The van der Waals surface area contributed by atoms with Gasteiger partial charge in [-0.1, -0.05) is 0 Å². The summed E-state index contributed by atoms with van der Waals surface area (Å²) in [5.74, 6) is 0. The van der Waals surface area contributed by atoms with Crippen molar-refractivity contribution < 1.29 is 69.7 Å². The molecule has 18 heteroatoms. The summed E-state index contributed by atoms with van der Waals surface area (Å²) in [7, 11) is -7.25. The maximum absolute atomic E-state index is 12.5. The van der Waals surface area contributed by atoms with Crippen molar-refractivity contribution in [1.29, 1.82) is 0 Å². The van der Waals surface area contributed by atoms with E-state index in [1.54, 1.807) is 0 Å². The van der Waals surface area contributed by atoms with E-state index in [-0.39, 0.29) is 0 Å². The molecule has 1 saturated carbocycles. The van der Waals surface area contributed by atoms with E-state index in [4.69, 9.17) is 13.6 Å². The quantitative estimate of drug-likeness (QED) is 0.310. The molecule has 0 bridgehead atoms. The van der Waals surface area contributed by atoms with Gasteiger partial charge in [0, 0.05) is 42.7 Å². The van der Waals surface area contributed by atoms with Crippen LogP contribution in [0.15, 0.2) is 0 Å². The molecule has 6 atom stereocenters. The Balaban J connectivity index is 3.51. The molecule has 1 rings (SSSR count). The molecule has 3 N–H and O–H groups in total. The van der Waals surface area contributed by atoms with Crippen molar-refractivity contribution >= 4 is 23.5 Å². The molecule has 0 amide bonds. The summed E-state index contributed by atoms with van der Waals surface area (Å²) in [6, 6.07) is 0. The van der Waals surface area contributed by atoms with E-state index in [0.717, 1.165) is 42.7 Å². The molecule has 15 nitrogen and oxygen atoms in total. The van der Waals surface area contributed by atoms with E-state index in [1.165, 1.54) is 0 Å². The molecule has 0 aromatic heterocycles. The van der Waals surface area contributed by atoms with Crippen LogP contribution in [0, 0.1) is 0 Å². The maximum atomic E-state index is 12.5. The lowest BCUT2D eigenvalue weighted by molar-refractivity contribution is -0.214. The minimum absolute atomic E-state index is 0.963. The third-order valence-electron chi connectivity index (χ3n) is 4.11. The Kier molecular flexibility index (Phi) is 10.7. The van der Waals surface area contributed by atoms with Crippen LogP contribution in [0.25, 0.3) is 0 Å². The van der Waals surface area contributed by atoms with Gasteiger partial charge >= 0.3 is 23.5 Å². The highest BCUT2D eigenvalue weighted by atomic mass is 31.2. The predicted octanol–water partition coefficient (Wildman–Crippen LogP) is 0.441. The first-order valence-corrected chi connectivity index (χ1v) is 12.5. The highest BCUT2D eigenvalue weighted by molar-refractivity contribution is 7.49. The molecule has 0 aromatic carbocycles. The largest absolute Gasteiger partial charge is 0.474 e. The second kappa shape index (κ2) is 11.4. The highest BCUT2D eigenvalue weighted by Crippen LogP contribution is 2.57. The summed E-state index contributed by atoms with van der Waals surface area (Å²) in [4.78, 5) is 0. The molecule has 0 radical (unpaired) electrons. The monoisotopic (exact) mass is 504 g/mol. The number of phosphoric acid groups is 3. The lowest BCUT2D eigenvalue weighted by Gasteiger charge is -2.45. The standard InChI is InChI=1S/C12H27O15P3/c1-19-28(16,20-2)25-10-8(14)7(13)9(15)11(26-29(17,21-3)22-4)12(10)27-30(18,23-5)24-6/h7-15H,1-6H3/t7-,8-,9+,10-,11-,12-/m0/s1. The van der Waals surface area contributed by atoms with Gasteiger partial charge in [-0.05, 0) is 0 Å². The fraction of sp³-hybridized carbons (Fsp3) is 1.00. The van der Waals surface area contributed by atoms with E-state index in [1.807, 2.05) is 0 Å². The van der Waals surface area contributed by atoms with Gasteiger partial charge in [0.2, 0.25) is 0 Å². The van der Waals surface area contributed by atoms with E-state index < -0.39 is 60.1 Å². The van der Waals surface area contributed by atoms with Gasteiger partial charge in [0.1, 0.15) is 36.6 Å². The Bertz CT molecular complexity index is 622. The van der Waals surface area contributed by atoms with Gasteiger partial charge in [0.15, 0.2) is 0 Å². The van der Waals surface area contributed by atoms with E-state index in [9.17, 15) is 29.0 Å². The predicted molar refractivity (Wildman–Crippen MR) is 97.5 cm³/mol. The molecule has 180 valence electrons. The summed E-state index contributed by atoms with van der Waals surface area (Å²) in [6.07, 6.45) is -11.7. The van der Waals surface area contributed by atoms with Crippen molar-refractivity contribution in [2.75, 3.05) is 42.7 Å². The van der Waals surface area contributed by atoms with Crippen LogP contribution in [0.4, 0.5) is 0 Å². The lowest BCUT2D eigenvalue weighted by Crippen LogP contribution is -2.65.